The number of hydrogen-bond donors (Lipinski definition) is 3. The summed E-state index contributed by atoms with van der Waals surface area (Å²) in [5.41, 5.74) is 0. The molecule has 0 bridgehead atoms. The Bertz CT molecular complexity index is 197. The zero-order chi connectivity index (χ0) is 10.6. The molecule has 0 spiro atoms. The van der Waals surface area contributed by atoms with Gasteiger partial charge in [0.1, 0.15) is 0 Å². The van der Waals surface area contributed by atoms with Crippen molar-refractivity contribution in [2.24, 2.45) is 5.92 Å². The molecule has 1 aliphatic heterocycles. The Morgan fingerprint density at radius 2 is 2.29 bits per heavy atom. The van der Waals surface area contributed by atoms with E-state index in [4.69, 9.17) is 10.2 Å². The minimum Gasteiger partial charge on any atom is -0.481 e. The third-order valence-corrected chi connectivity index (χ3v) is 2.51. The van der Waals surface area contributed by atoms with Crippen LogP contribution in [0.2, 0.25) is 0 Å². The van der Waals surface area contributed by atoms with E-state index < -0.39 is 12.1 Å². The zero-order valence-electron chi connectivity index (χ0n) is 8.09. The fraction of sp³-hybridized carbons (Fsp3) is 0.889. The number of carbonyl (C=O) groups is 1. The predicted molar refractivity (Wildman–Crippen MR) is 49.9 cm³/mol. The van der Waals surface area contributed by atoms with Gasteiger partial charge >= 0.3 is 5.97 Å². The Balaban J connectivity index is 2.21. The van der Waals surface area contributed by atoms with Gasteiger partial charge in [0.25, 0.3) is 0 Å². The highest BCUT2D eigenvalue weighted by molar-refractivity contribution is 5.67. The molecule has 1 rings (SSSR count). The first-order valence-corrected chi connectivity index (χ1v) is 4.85. The van der Waals surface area contributed by atoms with Crippen molar-refractivity contribution in [1.29, 1.82) is 0 Å². The molecule has 3 N–H and O–H groups in total. The minimum atomic E-state index is -0.976. The summed E-state index contributed by atoms with van der Waals surface area (Å²) in [6.07, 6.45) is -0.0821. The lowest BCUT2D eigenvalue weighted by atomic mass is 10.1. The van der Waals surface area contributed by atoms with Gasteiger partial charge in [-0.2, -0.15) is 0 Å². The van der Waals surface area contributed by atoms with Crippen molar-refractivity contribution in [2.75, 3.05) is 26.2 Å². The summed E-state index contributed by atoms with van der Waals surface area (Å²) < 4.78 is 0. The average Bonchev–Trinajstić information content (AvgIpc) is 2.50. The molecule has 2 unspecified atom stereocenters. The molecule has 0 aromatic heterocycles. The molecule has 1 fully saturated rings. The van der Waals surface area contributed by atoms with Crippen LogP contribution < -0.4 is 0 Å². The number of likely N-dealkylation sites (tertiary alicyclic amines) is 1. The van der Waals surface area contributed by atoms with Crippen molar-refractivity contribution in [2.45, 2.75) is 18.9 Å². The second-order valence-corrected chi connectivity index (χ2v) is 3.85. The van der Waals surface area contributed by atoms with Gasteiger partial charge in [-0.1, -0.05) is 0 Å². The van der Waals surface area contributed by atoms with E-state index in [1.165, 1.54) is 0 Å². The van der Waals surface area contributed by atoms with Crippen LogP contribution in [-0.4, -0.2) is 58.5 Å². The lowest BCUT2D eigenvalue weighted by Crippen LogP contribution is -2.32. The van der Waals surface area contributed by atoms with Crippen LogP contribution in [0.25, 0.3) is 0 Å². The Morgan fingerprint density at radius 3 is 2.79 bits per heavy atom. The Morgan fingerprint density at radius 1 is 1.57 bits per heavy atom. The Hall–Kier alpha value is -0.650. The fourth-order valence-corrected chi connectivity index (χ4v) is 1.79. The van der Waals surface area contributed by atoms with Crippen LogP contribution >= 0.6 is 0 Å². The van der Waals surface area contributed by atoms with Gasteiger partial charge < -0.3 is 20.2 Å². The third-order valence-electron chi connectivity index (χ3n) is 2.51. The summed E-state index contributed by atoms with van der Waals surface area (Å²) in [4.78, 5) is 12.3. The van der Waals surface area contributed by atoms with Crippen molar-refractivity contribution < 1.29 is 20.1 Å². The summed E-state index contributed by atoms with van der Waals surface area (Å²) >= 11 is 0. The van der Waals surface area contributed by atoms with Crippen LogP contribution in [0.5, 0.6) is 0 Å². The van der Waals surface area contributed by atoms with Gasteiger partial charge in [0.15, 0.2) is 0 Å². The topological polar surface area (TPSA) is 81.0 Å². The molecule has 0 aliphatic carbocycles. The first kappa shape index (κ1) is 11.4. The van der Waals surface area contributed by atoms with Crippen LogP contribution in [0, 0.1) is 5.92 Å². The van der Waals surface area contributed by atoms with E-state index in [1.807, 2.05) is 4.90 Å². The van der Waals surface area contributed by atoms with Crippen molar-refractivity contribution in [3.63, 3.8) is 0 Å². The molecule has 0 radical (unpaired) electrons. The van der Waals surface area contributed by atoms with Crippen LogP contribution in [-0.2, 0) is 4.79 Å². The first-order chi connectivity index (χ1) is 6.61. The molecule has 82 valence electrons. The van der Waals surface area contributed by atoms with E-state index in [0.29, 0.717) is 6.54 Å². The maximum Gasteiger partial charge on any atom is 0.306 e. The van der Waals surface area contributed by atoms with Gasteiger partial charge in [-0.05, 0) is 18.9 Å². The number of aliphatic carboxylic acids is 1. The van der Waals surface area contributed by atoms with Crippen molar-refractivity contribution in [1.82, 2.24) is 4.90 Å². The van der Waals surface area contributed by atoms with E-state index in [9.17, 15) is 9.90 Å². The first-order valence-electron chi connectivity index (χ1n) is 4.85. The van der Waals surface area contributed by atoms with Gasteiger partial charge in [-0.15, -0.1) is 0 Å². The van der Waals surface area contributed by atoms with E-state index in [1.54, 1.807) is 0 Å². The maximum atomic E-state index is 10.3. The van der Waals surface area contributed by atoms with Gasteiger partial charge in [0, 0.05) is 19.7 Å². The summed E-state index contributed by atoms with van der Waals surface area (Å²) in [7, 11) is 0. The second kappa shape index (κ2) is 5.29. The lowest BCUT2D eigenvalue weighted by molar-refractivity contribution is -0.139. The molecule has 0 aromatic carbocycles. The van der Waals surface area contributed by atoms with Crippen molar-refractivity contribution in [3.05, 3.63) is 0 Å². The number of carboxylic acids is 1. The molecule has 0 saturated carbocycles. The number of β-amino-alcohol motifs (C(OH)–C–C–N with tert-alkyl or cyclic N) is 1. The quantitative estimate of drug-likeness (QED) is 0.541. The summed E-state index contributed by atoms with van der Waals surface area (Å²) in [5, 5.41) is 26.7. The van der Waals surface area contributed by atoms with E-state index in [2.05, 4.69) is 0 Å². The molecule has 1 saturated heterocycles. The highest BCUT2D eigenvalue weighted by Gasteiger charge is 2.23. The van der Waals surface area contributed by atoms with Crippen LogP contribution in [0.1, 0.15) is 12.8 Å². The van der Waals surface area contributed by atoms with Gasteiger partial charge in [-0.3, -0.25) is 4.79 Å². The van der Waals surface area contributed by atoms with Crippen LogP contribution in [0.3, 0.4) is 0 Å². The zero-order valence-corrected chi connectivity index (χ0v) is 8.09. The smallest absolute Gasteiger partial charge is 0.306 e. The van der Waals surface area contributed by atoms with Crippen LogP contribution in [0.15, 0.2) is 0 Å². The van der Waals surface area contributed by atoms with Crippen molar-refractivity contribution in [3.8, 4) is 0 Å². The highest BCUT2D eigenvalue weighted by atomic mass is 16.4. The molecular weight excluding hydrogens is 186 g/mol. The number of aliphatic hydroxyl groups is 2. The van der Waals surface area contributed by atoms with E-state index in [0.717, 1.165) is 19.5 Å². The maximum absolute atomic E-state index is 10.3. The molecular formula is C9H17NO4. The molecule has 1 heterocycles. The van der Waals surface area contributed by atoms with Crippen molar-refractivity contribution >= 4 is 5.97 Å². The van der Waals surface area contributed by atoms with Gasteiger partial charge in [-0.25, -0.2) is 0 Å². The molecule has 0 aromatic rings. The second-order valence-electron chi connectivity index (χ2n) is 3.85. The number of hydrogen-bond acceptors (Lipinski definition) is 4. The molecule has 5 heteroatoms. The number of nitrogens with zero attached hydrogens (tertiary/aromatic N) is 1. The molecule has 5 nitrogen and oxygen atoms in total. The van der Waals surface area contributed by atoms with Gasteiger partial charge in [0.05, 0.1) is 12.5 Å². The Kier molecular flexibility index (Phi) is 4.31. The minimum absolute atomic E-state index is 0.172. The van der Waals surface area contributed by atoms with E-state index >= 15 is 0 Å². The van der Waals surface area contributed by atoms with Crippen LogP contribution in [0.4, 0.5) is 0 Å². The van der Waals surface area contributed by atoms with E-state index in [-0.39, 0.29) is 18.9 Å². The fourth-order valence-electron chi connectivity index (χ4n) is 1.79. The lowest BCUT2D eigenvalue weighted by Gasteiger charge is -2.18. The SMILES string of the molecule is O=C(O)CC(O)CN1CCC(CO)C1. The molecule has 1 aliphatic rings. The molecule has 0 amide bonds. The summed E-state index contributed by atoms with van der Waals surface area (Å²) in [6.45, 7) is 2.16. The standard InChI is InChI=1S/C9H17NO4/c11-6-7-1-2-10(4-7)5-8(12)3-9(13)14/h7-8,11-12H,1-6H2,(H,13,14). The normalized spacial score (nSPS) is 25.1. The largest absolute Gasteiger partial charge is 0.481 e. The number of carboxylic acid groups (broad SMARTS) is 1. The number of aliphatic hydroxyl groups excluding tert-OH is 2. The van der Waals surface area contributed by atoms with Gasteiger partial charge in [0.2, 0.25) is 0 Å². The highest BCUT2D eigenvalue weighted by Crippen LogP contribution is 2.15. The average molecular weight is 203 g/mol. The third kappa shape index (κ3) is 3.61. The summed E-state index contributed by atoms with van der Waals surface area (Å²) in [5.74, 6) is -0.692. The number of rotatable bonds is 5. The predicted octanol–water partition coefficient (Wildman–Crippen LogP) is -0.864. The Labute approximate surface area is 83.0 Å². The monoisotopic (exact) mass is 203 g/mol. The molecule has 14 heavy (non-hydrogen) atoms. The molecule has 2 atom stereocenters. The summed E-state index contributed by atoms with van der Waals surface area (Å²) in [6, 6.07) is 0.